The number of thiazole rings is 1. The third-order valence-electron chi connectivity index (χ3n) is 8.45. The van der Waals surface area contributed by atoms with E-state index in [1.807, 2.05) is 47.9 Å². The van der Waals surface area contributed by atoms with Gasteiger partial charge in [0.2, 0.25) is 16.6 Å². The Balaban J connectivity index is 1.42. The van der Waals surface area contributed by atoms with Crippen molar-refractivity contribution in [3.63, 3.8) is 0 Å². The topological polar surface area (TPSA) is 171 Å². The molecular formula is C32H32N5O8S2+. The Hall–Kier alpha value is -4.73. The number of ether oxygens (including phenoxy) is 1. The summed E-state index contributed by atoms with van der Waals surface area (Å²) in [6.45, 7) is 3.54. The Bertz CT molecular complexity index is 1920. The molecule has 2 aromatic carbocycles. The van der Waals surface area contributed by atoms with Crippen LogP contribution in [-0.2, 0) is 38.8 Å². The van der Waals surface area contributed by atoms with Gasteiger partial charge in [0, 0.05) is 23.6 Å². The number of nitro groups is 1. The molecule has 4 atom stereocenters. The number of aromatic nitrogens is 2. The van der Waals surface area contributed by atoms with Crippen LogP contribution in [0.5, 0.6) is 0 Å². The van der Waals surface area contributed by atoms with E-state index in [9.17, 15) is 29.6 Å². The van der Waals surface area contributed by atoms with E-state index in [0.29, 0.717) is 28.3 Å². The number of nitrogens with two attached hydrogens (primary N) is 1. The number of nitro benzene ring substituents is 1. The van der Waals surface area contributed by atoms with Crippen LogP contribution < -0.4 is 15.0 Å². The van der Waals surface area contributed by atoms with Crippen molar-refractivity contribution in [1.82, 2.24) is 9.63 Å². The first kappa shape index (κ1) is 32.2. The lowest BCUT2D eigenvalue weighted by Gasteiger charge is -2.46. The molecule has 2 aromatic heterocycles. The van der Waals surface area contributed by atoms with Gasteiger partial charge in [-0.25, -0.2) is 4.79 Å². The Morgan fingerprint density at radius 3 is 2.45 bits per heavy atom. The molecule has 15 heteroatoms. The SMILES string of the molecule is CSc1c2sc(C3=C(C(=O)OCc4ccc([N+](=O)[O-])cc4)N4C(=O)[C@H]([C@@H](C)O)[C@H]4[C@H]3C)c(CC(N)=O)[n+]2cn1OCc1ccccc1. The molecule has 0 spiro atoms. The van der Waals surface area contributed by atoms with E-state index in [1.165, 1.54) is 52.3 Å². The van der Waals surface area contributed by atoms with Gasteiger partial charge in [-0.05, 0) is 41.2 Å². The minimum absolute atomic E-state index is 0.0421. The molecule has 2 aliphatic heterocycles. The maximum Gasteiger partial charge on any atom is 0.355 e. The number of aliphatic hydroxyl groups excluding tert-OH is 1. The zero-order valence-corrected chi connectivity index (χ0v) is 27.3. The van der Waals surface area contributed by atoms with Crippen LogP contribution in [0.15, 0.2) is 71.6 Å². The number of primary amides is 1. The van der Waals surface area contributed by atoms with E-state index in [-0.39, 0.29) is 24.4 Å². The molecule has 3 N–H and O–H groups in total. The van der Waals surface area contributed by atoms with Gasteiger partial charge in [-0.2, -0.15) is 4.40 Å². The van der Waals surface area contributed by atoms with Crippen LogP contribution in [0.2, 0.25) is 0 Å². The number of carbonyl (C=O) groups excluding carboxylic acids is 3. The second kappa shape index (κ2) is 12.8. The maximum atomic E-state index is 13.9. The quantitative estimate of drug-likeness (QED) is 0.0571. The number of imidazole rings is 1. The first-order chi connectivity index (χ1) is 22.5. The lowest BCUT2D eigenvalue weighted by atomic mass is 9.77. The van der Waals surface area contributed by atoms with E-state index in [1.54, 1.807) is 18.0 Å². The van der Waals surface area contributed by atoms with E-state index in [4.69, 9.17) is 15.3 Å². The van der Waals surface area contributed by atoms with Crippen LogP contribution in [0.3, 0.4) is 0 Å². The van der Waals surface area contributed by atoms with Crippen LogP contribution in [-0.4, -0.2) is 55.8 Å². The molecule has 244 valence electrons. The number of rotatable bonds is 12. The van der Waals surface area contributed by atoms with Crippen molar-refractivity contribution < 1.29 is 38.4 Å². The summed E-state index contributed by atoms with van der Waals surface area (Å²) in [6, 6.07) is 14.8. The van der Waals surface area contributed by atoms with Gasteiger partial charge in [-0.3, -0.25) is 19.7 Å². The molecule has 1 saturated heterocycles. The van der Waals surface area contributed by atoms with E-state index in [2.05, 4.69) is 0 Å². The summed E-state index contributed by atoms with van der Waals surface area (Å²) in [5, 5.41) is 22.3. The monoisotopic (exact) mass is 678 g/mol. The van der Waals surface area contributed by atoms with Crippen LogP contribution in [0.4, 0.5) is 5.69 Å². The van der Waals surface area contributed by atoms with Crippen LogP contribution in [0, 0.1) is 22.0 Å². The zero-order chi connectivity index (χ0) is 33.6. The van der Waals surface area contributed by atoms with Crippen molar-refractivity contribution in [3.8, 4) is 0 Å². The number of aliphatic hydroxyl groups is 1. The van der Waals surface area contributed by atoms with Crippen molar-refractivity contribution in [2.75, 3.05) is 6.26 Å². The molecule has 13 nitrogen and oxygen atoms in total. The van der Waals surface area contributed by atoms with Gasteiger partial charge in [-0.15, -0.1) is 0 Å². The van der Waals surface area contributed by atoms with Gasteiger partial charge < -0.3 is 25.3 Å². The molecule has 6 rings (SSSR count). The van der Waals surface area contributed by atoms with Gasteiger partial charge in [-0.1, -0.05) is 60.4 Å². The van der Waals surface area contributed by atoms with Crippen LogP contribution >= 0.6 is 23.1 Å². The lowest BCUT2D eigenvalue weighted by molar-refractivity contribution is -0.519. The third-order valence-corrected chi connectivity index (χ3v) is 10.6. The average Bonchev–Trinajstić information content (AvgIpc) is 3.64. The number of thioether (sulfide) groups is 1. The molecule has 1 fully saturated rings. The van der Waals surface area contributed by atoms with E-state index < -0.39 is 46.7 Å². The minimum atomic E-state index is -0.948. The average molecular weight is 679 g/mol. The number of esters is 1. The fourth-order valence-corrected chi connectivity index (χ4v) is 8.51. The van der Waals surface area contributed by atoms with Gasteiger partial charge >= 0.3 is 5.97 Å². The van der Waals surface area contributed by atoms with Crippen molar-refractivity contribution in [2.24, 2.45) is 17.6 Å². The molecule has 2 amide bonds. The zero-order valence-electron chi connectivity index (χ0n) is 25.7. The highest BCUT2D eigenvalue weighted by atomic mass is 32.2. The third kappa shape index (κ3) is 5.74. The number of β-lactam (4-membered cyclic amide) rings is 1. The molecule has 0 unspecified atom stereocenters. The fraction of sp³-hybridized carbons (Fsp3) is 0.312. The Morgan fingerprint density at radius 2 is 1.83 bits per heavy atom. The molecule has 2 aliphatic rings. The Morgan fingerprint density at radius 1 is 1.15 bits per heavy atom. The van der Waals surface area contributed by atoms with Gasteiger partial charge in [0.05, 0.1) is 34.3 Å². The van der Waals surface area contributed by atoms with Gasteiger partial charge in [0.1, 0.15) is 18.0 Å². The first-order valence-electron chi connectivity index (χ1n) is 14.8. The molecule has 47 heavy (non-hydrogen) atoms. The summed E-state index contributed by atoms with van der Waals surface area (Å²) in [6.07, 6.45) is 2.53. The molecule has 0 bridgehead atoms. The number of nitrogens with zero attached hydrogens (tertiary/aromatic N) is 4. The summed E-state index contributed by atoms with van der Waals surface area (Å²) in [4.78, 5) is 59.0. The van der Waals surface area contributed by atoms with Gasteiger partial charge in [0.25, 0.3) is 17.0 Å². The Labute approximate surface area is 277 Å². The van der Waals surface area contributed by atoms with E-state index in [0.717, 1.165) is 15.4 Å². The van der Waals surface area contributed by atoms with Crippen molar-refractivity contribution >= 4 is 57.0 Å². The standard InChI is InChI=1S/C32H31N5O8S2/c1-17-24(27(36-26(17)25(18(2)38)29(36)40)32(41)44-14-20-9-11-21(12-10-20)37(42)43)28-22(13-23(33)39)34-16-35(31(46-3)30(34)47-28)45-15-19-7-5-4-6-8-19/h4-12,16-18,25-26,38H,13-15H2,1-3H3,(H-,33,39)/p+1/t17-,18+,25+,26+/m0/s1. The second-order valence-electron chi connectivity index (χ2n) is 11.4. The predicted octanol–water partition coefficient (Wildman–Crippen LogP) is 2.89. The highest BCUT2D eigenvalue weighted by Crippen LogP contribution is 2.52. The highest BCUT2D eigenvalue weighted by Gasteiger charge is 2.61. The summed E-state index contributed by atoms with van der Waals surface area (Å²) in [5.74, 6) is -2.87. The summed E-state index contributed by atoms with van der Waals surface area (Å²) < 4.78 is 9.15. The molecule has 4 aromatic rings. The smallest absolute Gasteiger partial charge is 0.355 e. The largest absolute Gasteiger partial charge is 0.456 e. The van der Waals surface area contributed by atoms with Crippen LogP contribution in [0.25, 0.3) is 10.4 Å². The molecule has 0 saturated carbocycles. The minimum Gasteiger partial charge on any atom is -0.456 e. The second-order valence-corrected chi connectivity index (χ2v) is 13.2. The van der Waals surface area contributed by atoms with Gasteiger partial charge in [0.15, 0.2) is 6.61 Å². The molecular weight excluding hydrogens is 647 g/mol. The van der Waals surface area contributed by atoms with Crippen molar-refractivity contribution in [3.05, 3.63) is 98.4 Å². The predicted molar refractivity (Wildman–Crippen MR) is 172 cm³/mol. The van der Waals surface area contributed by atoms with Crippen molar-refractivity contribution in [1.29, 1.82) is 0 Å². The number of hydrogen-bond donors (Lipinski definition) is 2. The Kier molecular flexibility index (Phi) is 8.78. The molecule has 0 radical (unpaired) electrons. The maximum absolute atomic E-state index is 13.9. The number of carbonyl (C=O) groups is 3. The number of amides is 2. The fourth-order valence-electron chi connectivity index (χ4n) is 6.27. The number of fused-ring (bicyclic) bond motifs is 2. The highest BCUT2D eigenvalue weighted by molar-refractivity contribution is 7.98. The first-order valence-corrected chi connectivity index (χ1v) is 16.8. The molecule has 4 heterocycles. The lowest BCUT2D eigenvalue weighted by Crippen LogP contribution is -2.63. The summed E-state index contributed by atoms with van der Waals surface area (Å²) in [5.41, 5.74) is 8.23. The number of non-ortho nitro benzene ring substituents is 1. The number of hydrogen-bond acceptors (Lipinski definition) is 10. The summed E-state index contributed by atoms with van der Waals surface area (Å²) >= 11 is 2.80. The summed E-state index contributed by atoms with van der Waals surface area (Å²) in [7, 11) is 0. The van der Waals surface area contributed by atoms with Crippen LogP contribution in [0.1, 0.15) is 35.5 Å². The number of benzene rings is 2. The van der Waals surface area contributed by atoms with E-state index >= 15 is 0 Å². The normalized spacial score (nSPS) is 19.4. The van der Waals surface area contributed by atoms with Crippen molar-refractivity contribution in [2.45, 2.75) is 50.7 Å². The molecule has 0 aliphatic carbocycles.